The fourth-order valence-electron chi connectivity index (χ4n) is 8.68. The van der Waals surface area contributed by atoms with Crippen molar-refractivity contribution < 1.29 is 9.53 Å². The van der Waals surface area contributed by atoms with Crippen LogP contribution in [0, 0.1) is 5.92 Å². The molecule has 56 heavy (non-hydrogen) atoms. The molecule has 0 bridgehead atoms. The van der Waals surface area contributed by atoms with Crippen LogP contribution in [0.3, 0.4) is 0 Å². The first-order chi connectivity index (χ1) is 27.7. The standard InChI is InChI=1S/C54H108O2/c1-4-5-6-7-8-9-10-11-29-33-36-39-42-45-48-51-54(55)56-52-49-46-43-40-37-34-31-28-26-24-22-20-18-16-14-12-13-15-17-19-21-23-25-27-30-32-35-38-41-44-47-50-53(2)3/h53H,4-52H2,1-3H3. The first-order valence-corrected chi connectivity index (χ1v) is 26.8. The highest BCUT2D eigenvalue weighted by molar-refractivity contribution is 5.69. The molecule has 0 amide bonds. The van der Waals surface area contributed by atoms with E-state index in [1.54, 1.807) is 0 Å². The van der Waals surface area contributed by atoms with E-state index in [4.69, 9.17) is 4.74 Å². The molecule has 0 rings (SSSR count). The minimum atomic E-state index is 0.0328. The lowest BCUT2D eigenvalue weighted by molar-refractivity contribution is -0.143. The summed E-state index contributed by atoms with van der Waals surface area (Å²) < 4.78 is 5.49. The smallest absolute Gasteiger partial charge is 0.305 e. The zero-order valence-electron chi connectivity index (χ0n) is 39.5. The number of unbranched alkanes of at least 4 members (excludes halogenated alkanes) is 44. The monoisotopic (exact) mass is 789 g/mol. The van der Waals surface area contributed by atoms with Gasteiger partial charge in [-0.2, -0.15) is 0 Å². The van der Waals surface area contributed by atoms with Crippen LogP contribution in [-0.2, 0) is 9.53 Å². The molecule has 2 nitrogen and oxygen atoms in total. The molecule has 0 fully saturated rings. The molecule has 0 aliphatic carbocycles. The van der Waals surface area contributed by atoms with Gasteiger partial charge >= 0.3 is 5.97 Å². The van der Waals surface area contributed by atoms with Crippen molar-refractivity contribution in [2.75, 3.05) is 6.61 Å². The molecule has 0 radical (unpaired) electrons. The largest absolute Gasteiger partial charge is 0.466 e. The fraction of sp³-hybridized carbons (Fsp3) is 0.981. The Bertz CT molecular complexity index is 701. The number of hydrogen-bond acceptors (Lipinski definition) is 2. The van der Waals surface area contributed by atoms with Gasteiger partial charge in [-0.15, -0.1) is 0 Å². The van der Waals surface area contributed by atoms with Gasteiger partial charge in [0, 0.05) is 6.42 Å². The summed E-state index contributed by atoms with van der Waals surface area (Å²) >= 11 is 0. The van der Waals surface area contributed by atoms with Crippen molar-refractivity contribution in [3.8, 4) is 0 Å². The molecule has 2 heteroatoms. The molecular formula is C54H108O2. The van der Waals surface area contributed by atoms with E-state index >= 15 is 0 Å². The molecule has 0 atom stereocenters. The van der Waals surface area contributed by atoms with E-state index in [0.717, 1.165) is 18.8 Å². The third-order valence-corrected chi connectivity index (χ3v) is 12.7. The maximum absolute atomic E-state index is 12.0. The van der Waals surface area contributed by atoms with E-state index in [9.17, 15) is 4.79 Å². The van der Waals surface area contributed by atoms with E-state index in [1.807, 2.05) is 0 Å². The highest BCUT2D eigenvalue weighted by Gasteiger charge is 2.03. The van der Waals surface area contributed by atoms with Gasteiger partial charge < -0.3 is 4.74 Å². The first kappa shape index (κ1) is 55.5. The third-order valence-electron chi connectivity index (χ3n) is 12.7. The lowest BCUT2D eigenvalue weighted by Gasteiger charge is -2.06. The second-order valence-electron chi connectivity index (χ2n) is 19.1. The van der Waals surface area contributed by atoms with Gasteiger partial charge in [0.25, 0.3) is 0 Å². The van der Waals surface area contributed by atoms with Crippen molar-refractivity contribution >= 4 is 5.97 Å². The van der Waals surface area contributed by atoms with Gasteiger partial charge in [0.1, 0.15) is 0 Å². The van der Waals surface area contributed by atoms with Crippen LogP contribution in [0.25, 0.3) is 0 Å². The maximum atomic E-state index is 12.0. The van der Waals surface area contributed by atoms with Gasteiger partial charge in [-0.3, -0.25) is 4.79 Å². The molecule has 0 aromatic heterocycles. The van der Waals surface area contributed by atoms with Crippen molar-refractivity contribution in [2.24, 2.45) is 5.92 Å². The Balaban J connectivity index is 3.13. The minimum Gasteiger partial charge on any atom is -0.466 e. The lowest BCUT2D eigenvalue weighted by Crippen LogP contribution is -2.05. The Hall–Kier alpha value is -0.530. The summed E-state index contributed by atoms with van der Waals surface area (Å²) in [5.74, 6) is 0.922. The maximum Gasteiger partial charge on any atom is 0.305 e. The molecule has 0 aliphatic heterocycles. The SMILES string of the molecule is CCCCCCCCCCCCCCCCCC(=O)OCCCCCCCCCCCCCCCCCCCCCCCCCCCCCCCCCC(C)C. The third kappa shape index (κ3) is 51.5. The molecule has 336 valence electrons. The van der Waals surface area contributed by atoms with Gasteiger partial charge in [0.15, 0.2) is 0 Å². The Morgan fingerprint density at radius 1 is 0.304 bits per heavy atom. The summed E-state index contributed by atoms with van der Waals surface area (Å²) in [6.45, 7) is 7.63. The molecule has 0 saturated carbocycles. The molecule has 0 aromatic carbocycles. The van der Waals surface area contributed by atoms with Crippen molar-refractivity contribution in [3.05, 3.63) is 0 Å². The van der Waals surface area contributed by atoms with Crippen molar-refractivity contribution in [1.82, 2.24) is 0 Å². The summed E-state index contributed by atoms with van der Waals surface area (Å²) in [5, 5.41) is 0. The molecule has 0 heterocycles. The number of carbonyl (C=O) groups excluding carboxylic acids is 1. The van der Waals surface area contributed by atoms with Gasteiger partial charge in [-0.05, 0) is 18.8 Å². The van der Waals surface area contributed by atoms with Crippen molar-refractivity contribution in [1.29, 1.82) is 0 Å². The summed E-state index contributed by atoms with van der Waals surface area (Å²) in [4.78, 5) is 12.0. The summed E-state index contributed by atoms with van der Waals surface area (Å²) in [7, 11) is 0. The molecule has 0 spiro atoms. The number of ether oxygens (including phenoxy) is 1. The zero-order valence-corrected chi connectivity index (χ0v) is 39.5. The van der Waals surface area contributed by atoms with E-state index in [1.165, 1.54) is 289 Å². The predicted octanol–water partition coefficient (Wildman–Crippen LogP) is 19.9. The van der Waals surface area contributed by atoms with Gasteiger partial charge in [0.2, 0.25) is 0 Å². The topological polar surface area (TPSA) is 26.3 Å². The minimum absolute atomic E-state index is 0.0328. The van der Waals surface area contributed by atoms with E-state index in [-0.39, 0.29) is 5.97 Å². The van der Waals surface area contributed by atoms with E-state index < -0.39 is 0 Å². The van der Waals surface area contributed by atoms with Crippen LogP contribution in [0.4, 0.5) is 0 Å². The molecule has 0 saturated heterocycles. The van der Waals surface area contributed by atoms with E-state index in [0.29, 0.717) is 13.0 Å². The number of hydrogen-bond donors (Lipinski definition) is 0. The quantitative estimate of drug-likeness (QED) is 0.0453. The molecule has 0 aliphatic rings. The van der Waals surface area contributed by atoms with Gasteiger partial charge in [0.05, 0.1) is 6.61 Å². The highest BCUT2D eigenvalue weighted by Crippen LogP contribution is 2.18. The number of carbonyl (C=O) groups is 1. The summed E-state index contributed by atoms with van der Waals surface area (Å²) in [6.07, 6.45) is 66.9. The number of esters is 1. The first-order valence-electron chi connectivity index (χ1n) is 26.8. The van der Waals surface area contributed by atoms with Gasteiger partial charge in [-0.1, -0.05) is 310 Å². The second-order valence-corrected chi connectivity index (χ2v) is 19.1. The van der Waals surface area contributed by atoms with Crippen molar-refractivity contribution in [3.63, 3.8) is 0 Å². The summed E-state index contributed by atoms with van der Waals surface area (Å²) in [6, 6.07) is 0. The Morgan fingerprint density at radius 3 is 0.768 bits per heavy atom. The fourth-order valence-corrected chi connectivity index (χ4v) is 8.68. The normalized spacial score (nSPS) is 11.6. The van der Waals surface area contributed by atoms with Crippen LogP contribution in [0.15, 0.2) is 0 Å². The van der Waals surface area contributed by atoms with Crippen LogP contribution < -0.4 is 0 Å². The molecule has 0 N–H and O–H groups in total. The Morgan fingerprint density at radius 2 is 0.518 bits per heavy atom. The summed E-state index contributed by atoms with van der Waals surface area (Å²) in [5.41, 5.74) is 0. The van der Waals surface area contributed by atoms with Crippen LogP contribution >= 0.6 is 0 Å². The van der Waals surface area contributed by atoms with Crippen LogP contribution in [-0.4, -0.2) is 12.6 Å². The number of rotatable bonds is 50. The highest BCUT2D eigenvalue weighted by atomic mass is 16.5. The second kappa shape index (κ2) is 50.6. The molecule has 0 aromatic rings. The Labute approximate surface area is 355 Å². The average Bonchev–Trinajstić information content (AvgIpc) is 3.19. The van der Waals surface area contributed by atoms with Crippen LogP contribution in [0.2, 0.25) is 0 Å². The van der Waals surface area contributed by atoms with Crippen LogP contribution in [0.5, 0.6) is 0 Å². The lowest BCUT2D eigenvalue weighted by atomic mass is 10.0. The van der Waals surface area contributed by atoms with Gasteiger partial charge in [-0.25, -0.2) is 0 Å². The molecule has 0 unspecified atom stereocenters. The average molecular weight is 789 g/mol. The predicted molar refractivity (Wildman–Crippen MR) is 253 cm³/mol. The Kier molecular flexibility index (Phi) is 50.1. The molecular weight excluding hydrogens is 681 g/mol. The van der Waals surface area contributed by atoms with Crippen molar-refractivity contribution in [2.45, 2.75) is 329 Å². The van der Waals surface area contributed by atoms with E-state index in [2.05, 4.69) is 20.8 Å². The zero-order chi connectivity index (χ0) is 40.5. The van der Waals surface area contributed by atoms with Crippen LogP contribution in [0.1, 0.15) is 329 Å².